The van der Waals surface area contributed by atoms with Gasteiger partial charge in [-0.3, -0.25) is 9.59 Å². The van der Waals surface area contributed by atoms with Crippen molar-refractivity contribution >= 4 is 11.9 Å². The Morgan fingerprint density at radius 1 is 1.17 bits per heavy atom. The molecule has 6 heteroatoms. The Hall–Kier alpha value is -1.92. The van der Waals surface area contributed by atoms with Crippen molar-refractivity contribution in [1.82, 2.24) is 0 Å². The monoisotopic (exact) mass is 323 g/mol. The normalized spacial score (nSPS) is 14.0. The van der Waals surface area contributed by atoms with E-state index in [9.17, 15) is 14.7 Å². The van der Waals surface area contributed by atoms with Crippen LogP contribution in [0.15, 0.2) is 30.3 Å². The molecule has 0 radical (unpaired) electrons. The van der Waals surface area contributed by atoms with Crippen LogP contribution in [0.5, 0.6) is 0 Å². The Bertz CT molecular complexity index is 509. The third kappa shape index (κ3) is 7.25. The fourth-order valence-corrected chi connectivity index (χ4v) is 1.87. The molecule has 0 aliphatic rings. The second-order valence-electron chi connectivity index (χ2n) is 6.35. The van der Waals surface area contributed by atoms with Crippen LogP contribution in [-0.4, -0.2) is 35.3 Å². The van der Waals surface area contributed by atoms with Gasteiger partial charge in [0.15, 0.2) is 0 Å². The molecule has 1 aromatic carbocycles. The Labute approximate surface area is 136 Å². The van der Waals surface area contributed by atoms with Gasteiger partial charge in [-0.1, -0.05) is 30.3 Å². The van der Waals surface area contributed by atoms with Crippen LogP contribution in [0.3, 0.4) is 0 Å². The molecule has 3 N–H and O–H groups in total. The molecule has 0 bridgehead atoms. The molecule has 0 aliphatic carbocycles. The summed E-state index contributed by atoms with van der Waals surface area (Å²) in [4.78, 5) is 23.8. The summed E-state index contributed by atoms with van der Waals surface area (Å²) in [7, 11) is 0. The highest BCUT2D eigenvalue weighted by Crippen LogP contribution is 2.14. The Balaban J connectivity index is 2.51. The molecule has 0 heterocycles. The molecule has 1 aromatic rings. The van der Waals surface area contributed by atoms with Crippen LogP contribution in [-0.2, 0) is 25.7 Å². The maximum Gasteiger partial charge on any atom is 0.323 e. The topological polar surface area (TPSA) is 98.9 Å². The number of carbonyl (C=O) groups is 2. The van der Waals surface area contributed by atoms with Gasteiger partial charge in [-0.05, 0) is 32.8 Å². The van der Waals surface area contributed by atoms with Gasteiger partial charge in [0.25, 0.3) is 0 Å². The molecule has 0 amide bonds. The van der Waals surface area contributed by atoms with Crippen LogP contribution in [0.2, 0.25) is 0 Å². The van der Waals surface area contributed by atoms with Crippen molar-refractivity contribution in [3.63, 3.8) is 0 Å². The van der Waals surface area contributed by atoms with Gasteiger partial charge in [0.05, 0.1) is 12.5 Å². The first-order valence-electron chi connectivity index (χ1n) is 7.53. The lowest BCUT2D eigenvalue weighted by Crippen LogP contribution is -2.40. The highest BCUT2D eigenvalue weighted by molar-refractivity contribution is 5.78. The molecular weight excluding hydrogens is 298 g/mol. The van der Waals surface area contributed by atoms with Crippen LogP contribution in [0.1, 0.15) is 32.8 Å². The molecule has 0 aliphatic heterocycles. The smallest absolute Gasteiger partial charge is 0.323 e. The number of aliphatic hydroxyl groups is 1. The number of carbonyl (C=O) groups excluding carboxylic acids is 2. The van der Waals surface area contributed by atoms with Crippen molar-refractivity contribution in [3.8, 4) is 0 Å². The Morgan fingerprint density at radius 2 is 1.78 bits per heavy atom. The van der Waals surface area contributed by atoms with Crippen molar-refractivity contribution in [1.29, 1.82) is 0 Å². The minimum Gasteiger partial charge on any atom is -0.461 e. The highest BCUT2D eigenvalue weighted by atomic mass is 16.6. The van der Waals surface area contributed by atoms with E-state index in [1.165, 1.54) is 0 Å². The molecule has 2 atom stereocenters. The first-order valence-corrected chi connectivity index (χ1v) is 7.53. The lowest BCUT2D eigenvalue weighted by atomic mass is 10.0. The average molecular weight is 323 g/mol. The van der Waals surface area contributed by atoms with Crippen LogP contribution in [0.25, 0.3) is 0 Å². The van der Waals surface area contributed by atoms with E-state index < -0.39 is 36.1 Å². The molecule has 1 rings (SSSR count). The number of nitrogens with two attached hydrogens (primary N) is 1. The summed E-state index contributed by atoms with van der Waals surface area (Å²) in [6.07, 6.45) is -0.0287. The minimum absolute atomic E-state index is 0.0287. The summed E-state index contributed by atoms with van der Waals surface area (Å²) >= 11 is 0. The van der Waals surface area contributed by atoms with E-state index in [0.29, 0.717) is 0 Å². The van der Waals surface area contributed by atoms with Gasteiger partial charge in [0, 0.05) is 0 Å². The van der Waals surface area contributed by atoms with Gasteiger partial charge in [-0.2, -0.15) is 0 Å². The molecule has 0 aromatic heterocycles. The molecule has 0 saturated carbocycles. The van der Waals surface area contributed by atoms with Crippen LogP contribution in [0, 0.1) is 5.92 Å². The number of hydrogen-bond donors (Lipinski definition) is 2. The zero-order valence-electron chi connectivity index (χ0n) is 13.8. The predicted molar refractivity (Wildman–Crippen MR) is 85.3 cm³/mol. The van der Waals surface area contributed by atoms with Gasteiger partial charge < -0.3 is 20.3 Å². The summed E-state index contributed by atoms with van der Waals surface area (Å²) in [5, 5.41) is 9.35. The molecule has 0 spiro atoms. The maximum atomic E-state index is 12.0. The second kappa shape index (κ2) is 8.64. The Morgan fingerprint density at radius 3 is 2.30 bits per heavy atom. The Kier molecular flexibility index (Phi) is 7.19. The summed E-state index contributed by atoms with van der Waals surface area (Å²) < 4.78 is 10.3. The van der Waals surface area contributed by atoms with Gasteiger partial charge in [0.1, 0.15) is 18.2 Å². The van der Waals surface area contributed by atoms with Crippen LogP contribution < -0.4 is 5.73 Å². The lowest BCUT2D eigenvalue weighted by molar-refractivity contribution is -0.158. The third-order valence-corrected chi connectivity index (χ3v) is 3.03. The number of hydrogen-bond acceptors (Lipinski definition) is 6. The average Bonchev–Trinajstić information content (AvgIpc) is 2.49. The maximum absolute atomic E-state index is 12.0. The molecule has 128 valence electrons. The lowest BCUT2D eigenvalue weighted by Gasteiger charge is -2.23. The van der Waals surface area contributed by atoms with E-state index in [1.807, 2.05) is 30.3 Å². The quantitative estimate of drug-likeness (QED) is 0.736. The van der Waals surface area contributed by atoms with Gasteiger partial charge in [0.2, 0.25) is 0 Å². The van der Waals surface area contributed by atoms with E-state index >= 15 is 0 Å². The van der Waals surface area contributed by atoms with Crippen molar-refractivity contribution in [2.75, 3.05) is 6.61 Å². The predicted octanol–water partition coefficient (Wildman–Crippen LogP) is 1.40. The number of esters is 2. The first-order chi connectivity index (χ1) is 10.7. The van der Waals surface area contributed by atoms with E-state index in [2.05, 4.69) is 0 Å². The zero-order valence-corrected chi connectivity index (χ0v) is 13.8. The fourth-order valence-electron chi connectivity index (χ4n) is 1.87. The SMILES string of the molecule is CC(C)(C)OC(=O)[C@@H](N)CC(CO)C(=O)OCc1ccccc1. The molecular formula is C17H25NO5. The van der Waals surface area contributed by atoms with E-state index in [1.54, 1.807) is 20.8 Å². The molecule has 0 saturated heterocycles. The summed E-state index contributed by atoms with van der Waals surface area (Å²) in [6, 6.07) is 8.20. The molecule has 0 fully saturated rings. The second-order valence-corrected chi connectivity index (χ2v) is 6.35. The molecule has 23 heavy (non-hydrogen) atoms. The molecule has 1 unspecified atom stereocenters. The van der Waals surface area contributed by atoms with Gasteiger partial charge in [-0.25, -0.2) is 0 Å². The number of ether oxygens (including phenoxy) is 2. The van der Waals surface area contributed by atoms with Crippen LogP contribution in [0.4, 0.5) is 0 Å². The van der Waals surface area contributed by atoms with Crippen molar-refractivity contribution < 1.29 is 24.2 Å². The fraction of sp³-hybridized carbons (Fsp3) is 0.529. The molecule has 6 nitrogen and oxygen atoms in total. The van der Waals surface area contributed by atoms with E-state index in [4.69, 9.17) is 15.2 Å². The zero-order chi connectivity index (χ0) is 17.5. The van der Waals surface area contributed by atoms with E-state index in [-0.39, 0.29) is 13.0 Å². The number of rotatable bonds is 7. The number of aliphatic hydroxyl groups excluding tert-OH is 1. The number of benzene rings is 1. The third-order valence-electron chi connectivity index (χ3n) is 3.03. The summed E-state index contributed by atoms with van der Waals surface area (Å²) in [6.45, 7) is 4.86. The first kappa shape index (κ1) is 19.1. The van der Waals surface area contributed by atoms with Crippen molar-refractivity contribution in [2.24, 2.45) is 11.7 Å². The highest BCUT2D eigenvalue weighted by Gasteiger charge is 2.28. The van der Waals surface area contributed by atoms with Gasteiger partial charge >= 0.3 is 11.9 Å². The van der Waals surface area contributed by atoms with Crippen molar-refractivity contribution in [3.05, 3.63) is 35.9 Å². The van der Waals surface area contributed by atoms with Crippen molar-refractivity contribution in [2.45, 2.75) is 45.4 Å². The largest absolute Gasteiger partial charge is 0.461 e. The summed E-state index contributed by atoms with van der Waals surface area (Å²) in [5.74, 6) is -2.05. The van der Waals surface area contributed by atoms with Crippen LogP contribution >= 0.6 is 0 Å². The standard InChI is InChI=1S/C17H25NO5/c1-17(2,3)23-16(21)14(18)9-13(10-19)15(20)22-11-12-7-5-4-6-8-12/h4-8,13-14,19H,9-11,18H2,1-3H3/t13?,14-/m0/s1. The minimum atomic E-state index is -0.990. The van der Waals surface area contributed by atoms with Gasteiger partial charge in [-0.15, -0.1) is 0 Å². The van der Waals surface area contributed by atoms with E-state index in [0.717, 1.165) is 5.56 Å². The summed E-state index contributed by atoms with van der Waals surface area (Å²) in [5.41, 5.74) is 5.94.